The van der Waals surface area contributed by atoms with Gasteiger partial charge in [0.15, 0.2) is 9.84 Å². The summed E-state index contributed by atoms with van der Waals surface area (Å²) in [7, 11) is -0.664. The minimum absolute atomic E-state index is 0.234. The number of piperidine rings is 1. The molecule has 1 aliphatic heterocycles. The van der Waals surface area contributed by atoms with Gasteiger partial charge in [0.1, 0.15) is 11.3 Å². The molecule has 8 nitrogen and oxygen atoms in total. The summed E-state index contributed by atoms with van der Waals surface area (Å²) in [5.74, 6) is -1.02. The van der Waals surface area contributed by atoms with Crippen molar-refractivity contribution in [1.82, 2.24) is 15.2 Å². The largest absolute Gasteiger partial charge is 0.480 e. The standard InChI is InChI=1S/C15H21N3O5S/c1-16-13(19)10-24(21,22)11-5-8-18(9-6-11)15(20)12-4-3-7-17-14(12)23-2/h3-4,7,11H,5-6,8-10H2,1-2H3,(H,16,19). The van der Waals surface area contributed by atoms with E-state index >= 15 is 0 Å². The molecule has 1 aromatic rings. The van der Waals surface area contributed by atoms with Gasteiger partial charge < -0.3 is 15.0 Å². The summed E-state index contributed by atoms with van der Waals surface area (Å²) in [6, 6.07) is 3.28. The fourth-order valence-corrected chi connectivity index (χ4v) is 4.35. The van der Waals surface area contributed by atoms with Gasteiger partial charge in [-0.25, -0.2) is 13.4 Å². The van der Waals surface area contributed by atoms with E-state index in [0.29, 0.717) is 31.5 Å². The number of pyridine rings is 1. The summed E-state index contributed by atoms with van der Waals surface area (Å²) < 4.78 is 29.5. The van der Waals surface area contributed by atoms with Crippen molar-refractivity contribution in [3.8, 4) is 5.88 Å². The maximum absolute atomic E-state index is 12.6. The third-order valence-electron chi connectivity index (χ3n) is 4.04. The number of carbonyl (C=O) groups excluding carboxylic acids is 2. The molecule has 0 unspecified atom stereocenters. The lowest BCUT2D eigenvalue weighted by Gasteiger charge is -2.31. The smallest absolute Gasteiger partial charge is 0.259 e. The van der Waals surface area contributed by atoms with Crippen molar-refractivity contribution in [2.75, 3.05) is 33.0 Å². The normalized spacial score (nSPS) is 15.8. The number of amides is 2. The third-order valence-corrected chi connectivity index (χ3v) is 6.19. The second-order valence-electron chi connectivity index (χ2n) is 5.53. The lowest BCUT2D eigenvalue weighted by Crippen LogP contribution is -2.44. The van der Waals surface area contributed by atoms with Crippen LogP contribution in [0.1, 0.15) is 23.2 Å². The Morgan fingerprint density at radius 2 is 2.04 bits per heavy atom. The summed E-state index contributed by atoms with van der Waals surface area (Å²) in [4.78, 5) is 29.5. The van der Waals surface area contributed by atoms with Crippen LogP contribution in [-0.4, -0.2) is 68.4 Å². The van der Waals surface area contributed by atoms with E-state index in [4.69, 9.17) is 4.74 Å². The van der Waals surface area contributed by atoms with E-state index in [1.165, 1.54) is 20.4 Å². The number of nitrogens with zero attached hydrogens (tertiary/aromatic N) is 2. The third kappa shape index (κ3) is 4.02. The van der Waals surface area contributed by atoms with Crippen molar-refractivity contribution < 1.29 is 22.7 Å². The second kappa shape index (κ2) is 7.61. The lowest BCUT2D eigenvalue weighted by atomic mass is 10.1. The van der Waals surface area contributed by atoms with Crippen molar-refractivity contribution in [2.24, 2.45) is 0 Å². The predicted molar refractivity (Wildman–Crippen MR) is 87.6 cm³/mol. The molecule has 0 aliphatic carbocycles. The van der Waals surface area contributed by atoms with E-state index in [0.717, 1.165) is 0 Å². The molecule has 9 heteroatoms. The number of rotatable bonds is 5. The molecule has 0 bridgehead atoms. The Balaban J connectivity index is 2.02. The van der Waals surface area contributed by atoms with Gasteiger partial charge in [0, 0.05) is 26.3 Å². The number of carbonyl (C=O) groups is 2. The average Bonchev–Trinajstić information content (AvgIpc) is 2.60. The topological polar surface area (TPSA) is 106 Å². The van der Waals surface area contributed by atoms with Crippen LogP contribution in [0, 0.1) is 0 Å². The highest BCUT2D eigenvalue weighted by molar-refractivity contribution is 7.92. The first-order valence-corrected chi connectivity index (χ1v) is 9.31. The Morgan fingerprint density at radius 3 is 2.62 bits per heavy atom. The fourth-order valence-electron chi connectivity index (χ4n) is 2.68. The molecule has 1 aromatic heterocycles. The summed E-state index contributed by atoms with van der Waals surface area (Å²) in [5.41, 5.74) is 0.353. The van der Waals surface area contributed by atoms with Gasteiger partial charge in [0.25, 0.3) is 5.91 Å². The zero-order chi connectivity index (χ0) is 17.7. The zero-order valence-corrected chi connectivity index (χ0v) is 14.5. The predicted octanol–water partition coefficient (Wildman–Crippen LogP) is -0.144. The molecule has 1 N–H and O–H groups in total. The molecular formula is C15H21N3O5S. The van der Waals surface area contributed by atoms with Crippen LogP contribution in [0.2, 0.25) is 0 Å². The van der Waals surface area contributed by atoms with Crippen LogP contribution < -0.4 is 10.1 Å². The summed E-state index contributed by atoms with van der Waals surface area (Å²) in [6.07, 6.45) is 2.16. The fraction of sp³-hybridized carbons (Fsp3) is 0.533. The molecule has 0 saturated carbocycles. The summed E-state index contributed by atoms with van der Waals surface area (Å²) >= 11 is 0. The SMILES string of the molecule is CNC(=O)CS(=O)(=O)C1CCN(C(=O)c2cccnc2OC)CC1. The van der Waals surface area contributed by atoms with Crippen LogP contribution in [0.3, 0.4) is 0 Å². The molecule has 0 aromatic carbocycles. The van der Waals surface area contributed by atoms with Gasteiger partial charge in [-0.05, 0) is 25.0 Å². The average molecular weight is 355 g/mol. The second-order valence-corrected chi connectivity index (χ2v) is 7.81. The minimum atomic E-state index is -3.51. The number of sulfone groups is 1. The maximum Gasteiger partial charge on any atom is 0.259 e. The van der Waals surface area contributed by atoms with Gasteiger partial charge >= 0.3 is 0 Å². The van der Waals surface area contributed by atoms with Gasteiger partial charge in [0.05, 0.1) is 12.4 Å². The lowest BCUT2D eigenvalue weighted by molar-refractivity contribution is -0.118. The Labute approximate surface area is 141 Å². The number of likely N-dealkylation sites (tertiary alicyclic amines) is 1. The first kappa shape index (κ1) is 18.2. The van der Waals surface area contributed by atoms with Crippen LogP contribution in [0.5, 0.6) is 5.88 Å². The van der Waals surface area contributed by atoms with E-state index in [-0.39, 0.29) is 11.8 Å². The van der Waals surface area contributed by atoms with Crippen molar-refractivity contribution in [1.29, 1.82) is 0 Å². The van der Waals surface area contributed by atoms with E-state index in [2.05, 4.69) is 10.3 Å². The van der Waals surface area contributed by atoms with Gasteiger partial charge in [-0.15, -0.1) is 0 Å². The minimum Gasteiger partial charge on any atom is -0.480 e. The zero-order valence-electron chi connectivity index (χ0n) is 13.7. The van der Waals surface area contributed by atoms with Crippen molar-refractivity contribution in [3.63, 3.8) is 0 Å². The molecule has 0 atom stereocenters. The molecule has 2 amide bonds. The van der Waals surface area contributed by atoms with E-state index in [1.807, 2.05) is 0 Å². The highest BCUT2D eigenvalue weighted by Gasteiger charge is 2.33. The van der Waals surface area contributed by atoms with Crippen LogP contribution in [-0.2, 0) is 14.6 Å². The van der Waals surface area contributed by atoms with Crippen LogP contribution in [0.4, 0.5) is 0 Å². The van der Waals surface area contributed by atoms with Crippen molar-refractivity contribution in [2.45, 2.75) is 18.1 Å². The highest BCUT2D eigenvalue weighted by atomic mass is 32.2. The van der Waals surface area contributed by atoms with Gasteiger partial charge in [-0.1, -0.05) is 0 Å². The number of hydrogen-bond donors (Lipinski definition) is 1. The Kier molecular flexibility index (Phi) is 5.76. The van der Waals surface area contributed by atoms with Gasteiger partial charge in [-0.2, -0.15) is 0 Å². The molecule has 1 aliphatic rings. The van der Waals surface area contributed by atoms with Crippen LogP contribution in [0.25, 0.3) is 0 Å². The van der Waals surface area contributed by atoms with E-state index in [1.54, 1.807) is 17.0 Å². The molecule has 132 valence electrons. The maximum atomic E-state index is 12.6. The number of ether oxygens (including phenoxy) is 1. The number of aromatic nitrogens is 1. The molecule has 0 spiro atoms. The van der Waals surface area contributed by atoms with Crippen molar-refractivity contribution in [3.05, 3.63) is 23.9 Å². The summed E-state index contributed by atoms with van der Waals surface area (Å²) in [5, 5.41) is 1.72. The highest BCUT2D eigenvalue weighted by Crippen LogP contribution is 2.22. The van der Waals surface area contributed by atoms with Crippen LogP contribution >= 0.6 is 0 Å². The van der Waals surface area contributed by atoms with E-state index in [9.17, 15) is 18.0 Å². The van der Waals surface area contributed by atoms with E-state index < -0.39 is 26.7 Å². The molecular weight excluding hydrogens is 334 g/mol. The number of hydrogen-bond acceptors (Lipinski definition) is 6. The number of methoxy groups -OCH3 is 1. The monoisotopic (exact) mass is 355 g/mol. The first-order valence-electron chi connectivity index (χ1n) is 7.59. The molecule has 2 rings (SSSR count). The van der Waals surface area contributed by atoms with Crippen molar-refractivity contribution >= 4 is 21.7 Å². The number of nitrogens with one attached hydrogen (secondary N) is 1. The van der Waals surface area contributed by atoms with Crippen LogP contribution in [0.15, 0.2) is 18.3 Å². The molecule has 1 fully saturated rings. The summed E-state index contributed by atoms with van der Waals surface area (Å²) in [6.45, 7) is 0.628. The Bertz CT molecular complexity index is 712. The van der Waals surface area contributed by atoms with Gasteiger partial charge in [0.2, 0.25) is 11.8 Å². The first-order chi connectivity index (χ1) is 11.4. The molecule has 0 radical (unpaired) electrons. The molecule has 24 heavy (non-hydrogen) atoms. The Hall–Kier alpha value is -2.16. The Morgan fingerprint density at radius 1 is 1.38 bits per heavy atom. The van der Waals surface area contributed by atoms with Gasteiger partial charge in [-0.3, -0.25) is 9.59 Å². The molecule has 2 heterocycles. The quantitative estimate of drug-likeness (QED) is 0.788. The molecule has 1 saturated heterocycles.